The Kier molecular flexibility index (Phi) is 6.66. The van der Waals surface area contributed by atoms with Gasteiger partial charge in [-0.3, -0.25) is 19.3 Å². The normalized spacial score (nSPS) is 19.7. The van der Waals surface area contributed by atoms with Crippen LogP contribution in [0, 0.1) is 11.8 Å². The highest BCUT2D eigenvalue weighted by atomic mass is 32.2. The zero-order chi connectivity index (χ0) is 24.5. The van der Waals surface area contributed by atoms with Crippen LogP contribution < -0.4 is 19.7 Å². The number of aromatic nitrogens is 1. The summed E-state index contributed by atoms with van der Waals surface area (Å²) in [5.41, 5.74) is 1.91. The number of nitrogens with one attached hydrogen (secondary N) is 1. The zero-order valence-electron chi connectivity index (χ0n) is 19.4. The first kappa shape index (κ1) is 23.6. The molecule has 1 aliphatic heterocycles. The highest BCUT2D eigenvalue weighted by Crippen LogP contribution is 2.41. The van der Waals surface area contributed by atoms with Crippen molar-refractivity contribution in [3.05, 3.63) is 36.4 Å². The van der Waals surface area contributed by atoms with Crippen molar-refractivity contribution in [3.63, 3.8) is 0 Å². The summed E-state index contributed by atoms with van der Waals surface area (Å²) in [5.74, 6) is 0.609. The van der Waals surface area contributed by atoms with E-state index in [0.29, 0.717) is 22.9 Å². The van der Waals surface area contributed by atoms with E-state index in [0.717, 1.165) is 40.2 Å². The van der Waals surface area contributed by atoms with E-state index in [9.17, 15) is 14.4 Å². The standard InChI is InChI=1S/C25H25N3O5S2/c1-32-15-8-10-20(33-2)19(12-15)26-22(29)13-34-25-27-18-9-7-14(11-21(18)35-25)28-23(30)16-5-3-4-6-17(16)24(28)31/h7-12,16-17H,3-6,13H2,1-2H3,(H,26,29)/t16-,17-/m0/s1. The molecule has 0 unspecified atom stereocenters. The maximum atomic E-state index is 12.9. The number of imide groups is 1. The van der Waals surface area contributed by atoms with E-state index in [-0.39, 0.29) is 35.3 Å². The Morgan fingerprint density at radius 1 is 1.09 bits per heavy atom. The molecule has 35 heavy (non-hydrogen) atoms. The number of methoxy groups -OCH3 is 2. The summed E-state index contributed by atoms with van der Waals surface area (Å²) < 4.78 is 12.1. The van der Waals surface area contributed by atoms with E-state index >= 15 is 0 Å². The maximum absolute atomic E-state index is 12.9. The molecule has 1 saturated heterocycles. The number of hydrogen-bond donors (Lipinski definition) is 1. The first-order chi connectivity index (χ1) is 17.0. The van der Waals surface area contributed by atoms with Crippen molar-refractivity contribution in [2.75, 3.05) is 30.2 Å². The van der Waals surface area contributed by atoms with Crippen LogP contribution in [0.15, 0.2) is 40.7 Å². The van der Waals surface area contributed by atoms with E-state index in [1.54, 1.807) is 38.5 Å². The first-order valence-electron chi connectivity index (χ1n) is 11.4. The van der Waals surface area contributed by atoms with Crippen molar-refractivity contribution in [2.24, 2.45) is 11.8 Å². The summed E-state index contributed by atoms with van der Waals surface area (Å²) in [6, 6.07) is 10.7. The van der Waals surface area contributed by atoms with E-state index in [1.165, 1.54) is 28.0 Å². The smallest absolute Gasteiger partial charge is 0.237 e. The molecule has 3 aromatic rings. The molecule has 8 nitrogen and oxygen atoms in total. The van der Waals surface area contributed by atoms with Gasteiger partial charge in [0.25, 0.3) is 0 Å². The lowest BCUT2D eigenvalue weighted by Crippen LogP contribution is -2.30. The first-order valence-corrected chi connectivity index (χ1v) is 13.2. The monoisotopic (exact) mass is 511 g/mol. The van der Waals surface area contributed by atoms with Gasteiger partial charge in [0, 0.05) is 6.07 Å². The summed E-state index contributed by atoms with van der Waals surface area (Å²) in [6.45, 7) is 0. The minimum Gasteiger partial charge on any atom is -0.497 e. The lowest BCUT2D eigenvalue weighted by atomic mass is 9.81. The van der Waals surface area contributed by atoms with Gasteiger partial charge in [-0.1, -0.05) is 24.6 Å². The molecule has 1 aromatic heterocycles. The molecular formula is C25H25N3O5S2. The largest absolute Gasteiger partial charge is 0.497 e. The van der Waals surface area contributed by atoms with Gasteiger partial charge >= 0.3 is 0 Å². The van der Waals surface area contributed by atoms with Gasteiger partial charge in [0.1, 0.15) is 11.5 Å². The molecule has 5 rings (SSSR count). The quantitative estimate of drug-likeness (QED) is 0.362. The maximum Gasteiger partial charge on any atom is 0.237 e. The van der Waals surface area contributed by atoms with Crippen LogP contribution >= 0.6 is 23.1 Å². The Hall–Kier alpha value is -3.11. The molecule has 0 radical (unpaired) electrons. The van der Waals surface area contributed by atoms with Crippen LogP contribution in [0.2, 0.25) is 0 Å². The van der Waals surface area contributed by atoms with Gasteiger partial charge < -0.3 is 14.8 Å². The number of nitrogens with zero attached hydrogens (tertiary/aromatic N) is 2. The molecule has 2 aliphatic rings. The number of thiazole rings is 1. The molecule has 3 amide bonds. The molecule has 2 atom stereocenters. The second kappa shape index (κ2) is 9.87. The molecule has 182 valence electrons. The van der Waals surface area contributed by atoms with Crippen LogP contribution in [0.3, 0.4) is 0 Å². The van der Waals surface area contributed by atoms with Gasteiger partial charge in [-0.25, -0.2) is 4.98 Å². The van der Waals surface area contributed by atoms with Crippen LogP contribution in [0.25, 0.3) is 10.2 Å². The number of thioether (sulfide) groups is 1. The van der Waals surface area contributed by atoms with Crippen LogP contribution in [0.1, 0.15) is 25.7 Å². The van der Waals surface area contributed by atoms with Crippen molar-refractivity contribution < 1.29 is 23.9 Å². The number of rotatable bonds is 7. The third-order valence-electron chi connectivity index (χ3n) is 6.46. The summed E-state index contributed by atoms with van der Waals surface area (Å²) in [5, 5.41) is 2.85. The Morgan fingerprint density at radius 3 is 2.51 bits per heavy atom. The molecule has 2 fully saturated rings. The van der Waals surface area contributed by atoms with Crippen molar-refractivity contribution in [2.45, 2.75) is 30.0 Å². The molecular weight excluding hydrogens is 486 g/mol. The van der Waals surface area contributed by atoms with E-state index < -0.39 is 0 Å². The van der Waals surface area contributed by atoms with E-state index in [4.69, 9.17) is 9.47 Å². The van der Waals surface area contributed by atoms with Crippen LogP contribution in [0.4, 0.5) is 11.4 Å². The molecule has 2 heterocycles. The number of amides is 3. The molecule has 1 saturated carbocycles. The van der Waals surface area contributed by atoms with Crippen LogP contribution in [-0.2, 0) is 14.4 Å². The van der Waals surface area contributed by atoms with Crippen molar-refractivity contribution >= 4 is 62.4 Å². The fourth-order valence-electron chi connectivity index (χ4n) is 4.74. The third-order valence-corrected chi connectivity index (χ3v) is 8.62. The number of carbonyl (C=O) groups excluding carboxylic acids is 3. The van der Waals surface area contributed by atoms with Gasteiger partial charge in [-0.05, 0) is 43.2 Å². The highest BCUT2D eigenvalue weighted by Gasteiger charge is 2.48. The number of anilines is 2. The minimum atomic E-state index is -0.197. The Bertz CT molecular complexity index is 1280. The van der Waals surface area contributed by atoms with E-state index in [1.807, 2.05) is 12.1 Å². The molecule has 2 aromatic carbocycles. The van der Waals surface area contributed by atoms with Crippen molar-refractivity contribution in [1.29, 1.82) is 0 Å². The van der Waals surface area contributed by atoms with Crippen LogP contribution in [-0.4, -0.2) is 42.7 Å². The zero-order valence-corrected chi connectivity index (χ0v) is 21.0. The predicted octanol–water partition coefficient (Wildman–Crippen LogP) is 4.72. The Balaban J connectivity index is 1.27. The third kappa shape index (κ3) is 4.60. The summed E-state index contributed by atoms with van der Waals surface area (Å²) in [6.07, 6.45) is 3.58. The second-order valence-electron chi connectivity index (χ2n) is 8.54. The Morgan fingerprint density at radius 2 is 1.83 bits per heavy atom. The lowest BCUT2D eigenvalue weighted by Gasteiger charge is -2.19. The van der Waals surface area contributed by atoms with Gasteiger partial charge in [-0.15, -0.1) is 11.3 Å². The molecule has 0 spiro atoms. The fourth-order valence-corrected chi connectivity index (χ4v) is 6.64. The number of benzene rings is 2. The van der Waals surface area contributed by atoms with E-state index in [2.05, 4.69) is 10.3 Å². The van der Waals surface area contributed by atoms with Gasteiger partial charge in [0.15, 0.2) is 4.34 Å². The van der Waals surface area contributed by atoms with Gasteiger partial charge in [0.05, 0.1) is 53.4 Å². The van der Waals surface area contributed by atoms with Gasteiger partial charge in [-0.2, -0.15) is 0 Å². The number of ether oxygens (including phenoxy) is 2. The number of hydrogen-bond acceptors (Lipinski definition) is 8. The number of fused-ring (bicyclic) bond motifs is 2. The predicted molar refractivity (Wildman–Crippen MR) is 136 cm³/mol. The van der Waals surface area contributed by atoms with Crippen molar-refractivity contribution in [3.8, 4) is 11.5 Å². The summed E-state index contributed by atoms with van der Waals surface area (Å²) in [4.78, 5) is 44.4. The van der Waals surface area contributed by atoms with Crippen LogP contribution in [0.5, 0.6) is 11.5 Å². The summed E-state index contributed by atoms with van der Waals surface area (Å²) >= 11 is 2.77. The second-order valence-corrected chi connectivity index (χ2v) is 10.8. The lowest BCUT2D eigenvalue weighted by molar-refractivity contribution is -0.122. The highest BCUT2D eigenvalue weighted by molar-refractivity contribution is 8.01. The molecule has 1 aliphatic carbocycles. The SMILES string of the molecule is COc1ccc(OC)c(NC(=O)CSc2nc3ccc(N4C(=O)[C@H]5CCCC[C@@H]5C4=O)cc3s2)c1. The van der Waals surface area contributed by atoms with Crippen molar-refractivity contribution in [1.82, 2.24) is 4.98 Å². The summed E-state index contributed by atoms with van der Waals surface area (Å²) in [7, 11) is 3.10. The molecule has 10 heteroatoms. The topological polar surface area (TPSA) is 97.8 Å². The molecule has 0 bridgehead atoms. The average Bonchev–Trinajstić information content (AvgIpc) is 3.40. The average molecular weight is 512 g/mol. The minimum absolute atomic E-state index is 0.0807. The molecule has 1 N–H and O–H groups in total. The Labute approximate surface area is 211 Å². The number of carbonyl (C=O) groups is 3. The van der Waals surface area contributed by atoms with Gasteiger partial charge in [0.2, 0.25) is 17.7 Å². The fraction of sp³-hybridized carbons (Fsp3) is 0.360.